The molecule has 0 amide bonds. The van der Waals surface area contributed by atoms with E-state index in [9.17, 15) is 0 Å². The van der Waals surface area contributed by atoms with E-state index in [1.54, 1.807) is 0 Å². The van der Waals surface area contributed by atoms with Crippen LogP contribution in [0.3, 0.4) is 0 Å². The van der Waals surface area contributed by atoms with Crippen LogP contribution in [-0.2, 0) is 0 Å². The van der Waals surface area contributed by atoms with Crippen LogP contribution in [0.15, 0.2) is 109 Å². The van der Waals surface area contributed by atoms with Crippen LogP contribution in [0.1, 0.15) is 152 Å². The second-order valence-corrected chi connectivity index (χ2v) is 23.1. The Morgan fingerprint density at radius 2 is 0.441 bits per heavy atom. The summed E-state index contributed by atoms with van der Waals surface area (Å²) in [7, 11) is 0. The van der Waals surface area contributed by atoms with Crippen molar-refractivity contribution in [2.24, 2.45) is 0 Å². The molecule has 0 aliphatic heterocycles. The lowest BCUT2D eigenvalue weighted by Crippen LogP contribution is -1.98. The van der Waals surface area contributed by atoms with E-state index < -0.39 is 0 Å². The summed E-state index contributed by atoms with van der Waals surface area (Å²) in [4.78, 5) is 0. The standard InChI is InChI=1S/C68H60/c1-31(2)37-21-41-22-38(32(3)4)26-54-46-16-14-44-52-30-58-57(29-51(52)43-13-15-45(64(46)63(43)44)53(25-37)61(41)54)59(35(9)10)67-49-19-17-47-55-27-39(33(5)6)23-42-24-40(34(7)8)28-56(62(42)55)48-18-20-50(66(49)65(47)48)68(67)60(58)36(11)12/h13-36H,1-12H3. The van der Waals surface area contributed by atoms with Crippen LogP contribution >= 0.6 is 0 Å². The molecule has 0 saturated carbocycles. The van der Waals surface area contributed by atoms with Crippen molar-refractivity contribution in [1.29, 1.82) is 0 Å². The average molecular weight is 877 g/mol. The number of benzene rings is 12. The Bertz CT molecular complexity index is 4200. The summed E-state index contributed by atoms with van der Waals surface area (Å²) in [6, 6.07) is 45.1. The van der Waals surface area contributed by atoms with E-state index in [2.05, 4.69) is 192 Å². The van der Waals surface area contributed by atoms with Crippen LogP contribution in [-0.4, -0.2) is 0 Å². The molecule has 0 atom stereocenters. The van der Waals surface area contributed by atoms with E-state index in [1.807, 2.05) is 0 Å². The lowest BCUT2D eigenvalue weighted by Gasteiger charge is -2.20. The van der Waals surface area contributed by atoms with E-state index in [1.165, 1.54) is 173 Å². The fourth-order valence-electron chi connectivity index (χ4n) is 13.9. The SMILES string of the molecule is CC(C)c1cc2cc(C(C)C)cc3c4ccc5c6cc7c(C(C)C)c8c9ccc%10c%11cc(C(C)C)cc%12cc(C(C)C)cc(c%13ccc(c8c(C(C)C)c7cc6c6ccc(c(c1)c23)c4c65)c9c%13%10)c%12%11. The lowest BCUT2D eigenvalue weighted by molar-refractivity contribution is 0.866. The molecule has 0 N–H and O–H groups in total. The molecule has 0 nitrogen and oxygen atoms in total. The summed E-state index contributed by atoms with van der Waals surface area (Å²) in [5, 5.41) is 36.6. The van der Waals surface area contributed by atoms with Crippen LogP contribution in [0.4, 0.5) is 0 Å². The van der Waals surface area contributed by atoms with E-state index in [4.69, 9.17) is 0 Å². The third-order valence-electron chi connectivity index (χ3n) is 17.1. The van der Waals surface area contributed by atoms with Crippen LogP contribution in [0.5, 0.6) is 0 Å². The Balaban J connectivity index is 1.14. The summed E-state index contributed by atoms with van der Waals surface area (Å²) in [6.45, 7) is 28.5. The van der Waals surface area contributed by atoms with Crippen molar-refractivity contribution in [2.45, 2.75) is 119 Å². The molecule has 332 valence electrons. The van der Waals surface area contributed by atoms with E-state index >= 15 is 0 Å². The number of hydrogen-bond acceptors (Lipinski definition) is 0. The first kappa shape index (κ1) is 40.6. The van der Waals surface area contributed by atoms with Gasteiger partial charge in [0.2, 0.25) is 0 Å². The molecule has 0 bridgehead atoms. The summed E-state index contributed by atoms with van der Waals surface area (Å²) < 4.78 is 0. The van der Waals surface area contributed by atoms with Gasteiger partial charge in [0.05, 0.1) is 0 Å². The van der Waals surface area contributed by atoms with Gasteiger partial charge < -0.3 is 0 Å². The predicted octanol–water partition coefficient (Wildman–Crippen LogP) is 21.2. The molecular formula is C68H60. The Morgan fingerprint density at radius 3 is 0.706 bits per heavy atom. The third-order valence-corrected chi connectivity index (χ3v) is 17.1. The zero-order valence-corrected chi connectivity index (χ0v) is 41.9. The highest BCUT2D eigenvalue weighted by Crippen LogP contribution is 2.55. The Kier molecular flexibility index (Phi) is 8.11. The highest BCUT2D eigenvalue weighted by atomic mass is 14.3. The number of hydrogen-bond donors (Lipinski definition) is 0. The van der Waals surface area contributed by atoms with Crippen LogP contribution in [0, 0.1) is 0 Å². The summed E-state index contributed by atoms with van der Waals surface area (Å²) >= 11 is 0. The molecule has 0 spiro atoms. The summed E-state index contributed by atoms with van der Waals surface area (Å²) in [5.41, 5.74) is 8.66. The van der Waals surface area contributed by atoms with Crippen molar-refractivity contribution in [2.75, 3.05) is 0 Å². The van der Waals surface area contributed by atoms with Crippen molar-refractivity contribution in [3.05, 3.63) is 143 Å². The van der Waals surface area contributed by atoms with E-state index in [0.29, 0.717) is 35.5 Å². The van der Waals surface area contributed by atoms with Gasteiger partial charge in [-0.05, 0) is 221 Å². The van der Waals surface area contributed by atoms with E-state index in [-0.39, 0.29) is 0 Å². The van der Waals surface area contributed by atoms with Crippen LogP contribution < -0.4 is 0 Å². The molecule has 0 saturated heterocycles. The maximum absolute atomic E-state index is 2.63. The minimum absolute atomic E-state index is 0.323. The molecule has 0 fully saturated rings. The molecule has 0 aromatic heterocycles. The molecule has 0 radical (unpaired) electrons. The number of rotatable bonds is 6. The Hall–Kier alpha value is -6.50. The molecule has 14 aromatic carbocycles. The Morgan fingerprint density at radius 1 is 0.191 bits per heavy atom. The number of fused-ring (bicyclic) bond motifs is 11. The Labute approximate surface area is 399 Å². The first-order valence-electron chi connectivity index (χ1n) is 25.8. The van der Waals surface area contributed by atoms with Crippen LogP contribution in [0.2, 0.25) is 0 Å². The minimum atomic E-state index is 0.323. The van der Waals surface area contributed by atoms with Crippen molar-refractivity contribution in [3.63, 3.8) is 0 Å². The third kappa shape index (κ3) is 5.02. The van der Waals surface area contributed by atoms with Crippen molar-refractivity contribution in [3.8, 4) is 0 Å². The molecule has 0 heterocycles. The highest BCUT2D eigenvalue weighted by molar-refractivity contribution is 6.45. The molecule has 68 heavy (non-hydrogen) atoms. The van der Waals surface area contributed by atoms with Gasteiger partial charge in [-0.25, -0.2) is 0 Å². The van der Waals surface area contributed by atoms with Crippen molar-refractivity contribution in [1.82, 2.24) is 0 Å². The maximum atomic E-state index is 2.63. The minimum Gasteiger partial charge on any atom is -0.0587 e. The van der Waals surface area contributed by atoms with Gasteiger partial charge in [-0.2, -0.15) is 0 Å². The topological polar surface area (TPSA) is 0 Å². The smallest absolute Gasteiger partial charge is 0.00137 e. The molecule has 0 aliphatic carbocycles. The second kappa shape index (κ2) is 13.6. The van der Waals surface area contributed by atoms with Crippen molar-refractivity contribution < 1.29 is 0 Å². The highest BCUT2D eigenvalue weighted by Gasteiger charge is 2.29. The lowest BCUT2D eigenvalue weighted by atomic mass is 9.83. The van der Waals surface area contributed by atoms with Gasteiger partial charge in [0, 0.05) is 0 Å². The van der Waals surface area contributed by atoms with E-state index in [0.717, 1.165) is 0 Å². The molecular weight excluding hydrogens is 817 g/mol. The van der Waals surface area contributed by atoms with Gasteiger partial charge in [-0.3, -0.25) is 0 Å². The second-order valence-electron chi connectivity index (χ2n) is 23.1. The zero-order chi connectivity index (χ0) is 46.7. The van der Waals surface area contributed by atoms with Gasteiger partial charge in [0.1, 0.15) is 0 Å². The summed E-state index contributed by atoms with van der Waals surface area (Å²) in [5.74, 6) is 2.44. The molecule has 0 aliphatic rings. The molecule has 14 rings (SSSR count). The monoisotopic (exact) mass is 876 g/mol. The van der Waals surface area contributed by atoms with Crippen LogP contribution in [0.25, 0.3) is 140 Å². The maximum Gasteiger partial charge on any atom is -0.00137 e. The predicted molar refractivity (Wildman–Crippen MR) is 303 cm³/mol. The van der Waals surface area contributed by atoms with Gasteiger partial charge >= 0.3 is 0 Å². The normalized spacial score (nSPS) is 13.5. The van der Waals surface area contributed by atoms with Crippen molar-refractivity contribution >= 4 is 140 Å². The first-order chi connectivity index (χ1) is 32.7. The fourth-order valence-corrected chi connectivity index (χ4v) is 13.9. The molecule has 14 aromatic rings. The first-order valence-corrected chi connectivity index (χ1v) is 25.8. The average Bonchev–Trinajstić information content (AvgIpc) is 3.81. The van der Waals surface area contributed by atoms with Gasteiger partial charge in [-0.15, -0.1) is 0 Å². The quantitative estimate of drug-likeness (QED) is 0.115. The molecule has 0 heteroatoms. The largest absolute Gasteiger partial charge is 0.0587 e. The zero-order valence-electron chi connectivity index (χ0n) is 41.9. The van der Waals surface area contributed by atoms with Gasteiger partial charge in [0.15, 0.2) is 0 Å². The van der Waals surface area contributed by atoms with Gasteiger partial charge in [0.25, 0.3) is 0 Å². The summed E-state index contributed by atoms with van der Waals surface area (Å²) in [6.07, 6.45) is 0. The molecule has 0 unspecified atom stereocenters. The fraction of sp³-hybridized carbons (Fsp3) is 0.265. The van der Waals surface area contributed by atoms with Gasteiger partial charge in [-0.1, -0.05) is 180 Å².